The number of carbonyl (C=O) groups excluding carboxylic acids is 1. The van der Waals surface area contributed by atoms with Gasteiger partial charge in [0.25, 0.3) is 5.91 Å². The second-order valence-corrected chi connectivity index (χ2v) is 5.94. The Morgan fingerprint density at radius 3 is 2.32 bits per heavy atom. The molecular weight excluding hydrogens is 323 g/mol. The number of halogens is 2. The van der Waals surface area contributed by atoms with Crippen LogP contribution in [0.1, 0.15) is 23.3 Å². The van der Waals surface area contributed by atoms with Crippen LogP contribution in [0.5, 0.6) is 0 Å². The van der Waals surface area contributed by atoms with Gasteiger partial charge in [0.05, 0.1) is 12.4 Å². The van der Waals surface area contributed by atoms with E-state index in [0.29, 0.717) is 27.2 Å². The average molecular weight is 337 g/mol. The van der Waals surface area contributed by atoms with Crippen molar-refractivity contribution in [2.75, 3.05) is 18.4 Å². The first-order valence-electron chi connectivity index (χ1n) is 6.96. The van der Waals surface area contributed by atoms with Crippen LogP contribution in [-0.2, 0) is 0 Å². The predicted molar refractivity (Wildman–Crippen MR) is 86.9 cm³/mol. The Morgan fingerprint density at radius 1 is 1.05 bits per heavy atom. The lowest BCUT2D eigenvalue weighted by atomic mass is 10.3. The average Bonchev–Trinajstić information content (AvgIpc) is 3.00. The van der Waals surface area contributed by atoms with Gasteiger partial charge in [-0.2, -0.15) is 0 Å². The summed E-state index contributed by atoms with van der Waals surface area (Å²) >= 11 is 11.9. The first-order valence-corrected chi connectivity index (χ1v) is 7.72. The smallest absolute Gasteiger partial charge is 0.274 e. The van der Waals surface area contributed by atoms with Gasteiger partial charge in [-0.15, -0.1) is 0 Å². The lowest BCUT2D eigenvalue weighted by Gasteiger charge is -2.14. The van der Waals surface area contributed by atoms with Crippen molar-refractivity contribution in [2.45, 2.75) is 12.8 Å². The van der Waals surface area contributed by atoms with E-state index in [0.717, 1.165) is 25.9 Å². The van der Waals surface area contributed by atoms with Crippen molar-refractivity contribution in [3.05, 3.63) is 46.3 Å². The summed E-state index contributed by atoms with van der Waals surface area (Å²) in [5.41, 5.74) is 1.07. The van der Waals surface area contributed by atoms with Crippen molar-refractivity contribution < 1.29 is 4.79 Å². The number of carbonyl (C=O) groups is 1. The second kappa shape index (κ2) is 6.50. The van der Waals surface area contributed by atoms with E-state index in [9.17, 15) is 4.79 Å². The summed E-state index contributed by atoms with van der Waals surface area (Å²) in [5, 5.41) is 4.12. The van der Waals surface area contributed by atoms with Crippen LogP contribution < -0.4 is 5.32 Å². The summed E-state index contributed by atoms with van der Waals surface area (Å²) in [6.45, 7) is 1.59. The zero-order chi connectivity index (χ0) is 15.5. The van der Waals surface area contributed by atoms with Crippen LogP contribution in [0, 0.1) is 0 Å². The second-order valence-electron chi connectivity index (χ2n) is 5.07. The number of anilines is 2. The van der Waals surface area contributed by atoms with Crippen LogP contribution in [0.2, 0.25) is 10.0 Å². The Balaban J connectivity index is 1.72. The Kier molecular flexibility index (Phi) is 4.45. The molecular formula is C15H14Cl2N4O. The van der Waals surface area contributed by atoms with E-state index in [1.807, 2.05) is 0 Å². The first-order chi connectivity index (χ1) is 10.6. The minimum atomic E-state index is -0.0673. The van der Waals surface area contributed by atoms with Gasteiger partial charge < -0.3 is 10.2 Å². The van der Waals surface area contributed by atoms with Gasteiger partial charge in [0, 0.05) is 28.8 Å². The van der Waals surface area contributed by atoms with Crippen LogP contribution in [-0.4, -0.2) is 33.9 Å². The van der Waals surface area contributed by atoms with E-state index in [2.05, 4.69) is 15.3 Å². The number of benzene rings is 1. The molecule has 1 aliphatic heterocycles. The van der Waals surface area contributed by atoms with Crippen molar-refractivity contribution in [3.8, 4) is 0 Å². The van der Waals surface area contributed by atoms with E-state index in [1.54, 1.807) is 23.1 Å². The maximum absolute atomic E-state index is 12.2. The number of hydrogen-bond donors (Lipinski definition) is 1. The van der Waals surface area contributed by atoms with Gasteiger partial charge in [0.1, 0.15) is 11.5 Å². The van der Waals surface area contributed by atoms with Gasteiger partial charge in [-0.3, -0.25) is 4.79 Å². The normalized spacial score (nSPS) is 14.2. The molecule has 0 bridgehead atoms. The molecule has 1 fully saturated rings. The Labute approximate surface area is 138 Å². The van der Waals surface area contributed by atoms with Gasteiger partial charge >= 0.3 is 0 Å². The highest BCUT2D eigenvalue weighted by Gasteiger charge is 2.20. The summed E-state index contributed by atoms with van der Waals surface area (Å²) < 4.78 is 0. The van der Waals surface area contributed by atoms with Gasteiger partial charge in [-0.05, 0) is 31.0 Å². The molecule has 3 rings (SSSR count). The van der Waals surface area contributed by atoms with E-state index >= 15 is 0 Å². The third kappa shape index (κ3) is 3.48. The quantitative estimate of drug-likeness (QED) is 0.926. The molecule has 0 aliphatic carbocycles. The Morgan fingerprint density at radius 2 is 1.73 bits per heavy atom. The number of aromatic nitrogens is 2. The summed E-state index contributed by atoms with van der Waals surface area (Å²) in [7, 11) is 0. The number of hydrogen-bond acceptors (Lipinski definition) is 4. The molecule has 0 saturated carbocycles. The third-order valence-electron chi connectivity index (χ3n) is 3.40. The summed E-state index contributed by atoms with van der Waals surface area (Å²) in [4.78, 5) is 22.4. The van der Waals surface area contributed by atoms with Crippen molar-refractivity contribution in [1.29, 1.82) is 0 Å². The molecule has 2 aromatic rings. The van der Waals surface area contributed by atoms with Crippen LogP contribution in [0.25, 0.3) is 0 Å². The van der Waals surface area contributed by atoms with E-state index in [4.69, 9.17) is 23.2 Å². The van der Waals surface area contributed by atoms with Crippen molar-refractivity contribution in [2.24, 2.45) is 0 Å². The molecule has 1 N–H and O–H groups in total. The van der Waals surface area contributed by atoms with Crippen LogP contribution in [0.3, 0.4) is 0 Å². The molecule has 22 heavy (non-hydrogen) atoms. The fourth-order valence-electron chi connectivity index (χ4n) is 2.36. The summed E-state index contributed by atoms with van der Waals surface area (Å²) in [6, 6.07) is 5.12. The summed E-state index contributed by atoms with van der Waals surface area (Å²) in [6.07, 6.45) is 5.11. The molecule has 1 saturated heterocycles. The lowest BCUT2D eigenvalue weighted by Crippen LogP contribution is -2.28. The van der Waals surface area contributed by atoms with Gasteiger partial charge in [-0.25, -0.2) is 9.97 Å². The highest BCUT2D eigenvalue weighted by atomic mass is 35.5. The fourth-order valence-corrected chi connectivity index (χ4v) is 2.89. The summed E-state index contributed by atoms with van der Waals surface area (Å²) in [5.74, 6) is 0.457. The molecule has 1 aromatic heterocycles. The molecule has 0 spiro atoms. The molecule has 2 heterocycles. The Bertz CT molecular complexity index is 664. The molecule has 1 amide bonds. The van der Waals surface area contributed by atoms with Crippen LogP contribution in [0.15, 0.2) is 30.6 Å². The SMILES string of the molecule is O=C(c1cnc(Nc2cc(Cl)cc(Cl)c2)cn1)N1CCCC1. The number of likely N-dealkylation sites (tertiary alicyclic amines) is 1. The number of rotatable bonds is 3. The maximum Gasteiger partial charge on any atom is 0.274 e. The van der Waals surface area contributed by atoms with Gasteiger partial charge in [0.15, 0.2) is 0 Å². The van der Waals surface area contributed by atoms with Crippen molar-refractivity contribution in [3.63, 3.8) is 0 Å². The zero-order valence-corrected chi connectivity index (χ0v) is 13.2. The van der Waals surface area contributed by atoms with E-state index in [-0.39, 0.29) is 5.91 Å². The zero-order valence-electron chi connectivity index (χ0n) is 11.7. The topological polar surface area (TPSA) is 58.1 Å². The molecule has 114 valence electrons. The monoisotopic (exact) mass is 336 g/mol. The minimum absolute atomic E-state index is 0.0673. The van der Waals surface area contributed by atoms with Crippen molar-refractivity contribution >= 4 is 40.6 Å². The van der Waals surface area contributed by atoms with Gasteiger partial charge in [-0.1, -0.05) is 23.2 Å². The first kappa shape index (κ1) is 15.1. The highest BCUT2D eigenvalue weighted by molar-refractivity contribution is 6.35. The fraction of sp³-hybridized carbons (Fsp3) is 0.267. The van der Waals surface area contributed by atoms with E-state index in [1.165, 1.54) is 12.4 Å². The third-order valence-corrected chi connectivity index (χ3v) is 3.84. The van der Waals surface area contributed by atoms with Crippen LogP contribution in [0.4, 0.5) is 11.5 Å². The molecule has 5 nitrogen and oxygen atoms in total. The molecule has 0 radical (unpaired) electrons. The van der Waals surface area contributed by atoms with Crippen LogP contribution >= 0.6 is 23.2 Å². The Hall–Kier alpha value is -1.85. The molecule has 1 aromatic carbocycles. The molecule has 1 aliphatic rings. The standard InChI is InChI=1S/C15H14Cl2N4O/c16-10-5-11(17)7-12(6-10)20-14-9-18-13(8-19-14)15(22)21-3-1-2-4-21/h5-9H,1-4H2,(H,19,20). The number of amides is 1. The molecule has 7 heteroatoms. The molecule has 0 unspecified atom stereocenters. The van der Waals surface area contributed by atoms with Gasteiger partial charge in [0.2, 0.25) is 0 Å². The van der Waals surface area contributed by atoms with Crippen molar-refractivity contribution in [1.82, 2.24) is 14.9 Å². The van der Waals surface area contributed by atoms with E-state index < -0.39 is 0 Å². The number of nitrogens with zero attached hydrogens (tertiary/aromatic N) is 3. The number of nitrogens with one attached hydrogen (secondary N) is 1. The highest BCUT2D eigenvalue weighted by Crippen LogP contribution is 2.24. The maximum atomic E-state index is 12.2. The largest absolute Gasteiger partial charge is 0.339 e. The molecule has 0 atom stereocenters. The predicted octanol–water partition coefficient (Wildman–Crippen LogP) is 3.76. The lowest BCUT2D eigenvalue weighted by molar-refractivity contribution is 0.0786. The minimum Gasteiger partial charge on any atom is -0.339 e.